The minimum absolute atomic E-state index is 0.137. The van der Waals surface area contributed by atoms with Gasteiger partial charge in [0.05, 0.1) is 11.5 Å². The summed E-state index contributed by atoms with van der Waals surface area (Å²) in [5.74, 6) is -0.717. The molecule has 0 unspecified atom stereocenters. The van der Waals surface area contributed by atoms with E-state index in [0.717, 1.165) is 12.1 Å². The van der Waals surface area contributed by atoms with Crippen molar-refractivity contribution in [3.8, 4) is 0 Å². The zero-order chi connectivity index (χ0) is 15.5. The van der Waals surface area contributed by atoms with E-state index in [2.05, 4.69) is 17.2 Å². The summed E-state index contributed by atoms with van der Waals surface area (Å²) in [6, 6.07) is 16.6. The summed E-state index contributed by atoms with van der Waals surface area (Å²) in [4.78, 5) is 15.8. The molecular formula is C18H15N2O2-. The fourth-order valence-electron chi connectivity index (χ4n) is 2.38. The van der Waals surface area contributed by atoms with Crippen molar-refractivity contribution in [1.82, 2.24) is 4.98 Å². The van der Waals surface area contributed by atoms with E-state index in [-0.39, 0.29) is 5.56 Å². The average Bonchev–Trinajstić information content (AvgIpc) is 2.54. The van der Waals surface area contributed by atoms with Gasteiger partial charge in [0, 0.05) is 16.6 Å². The quantitative estimate of drug-likeness (QED) is 0.802. The fourth-order valence-corrected chi connectivity index (χ4v) is 2.38. The van der Waals surface area contributed by atoms with Gasteiger partial charge in [-0.05, 0) is 36.2 Å². The van der Waals surface area contributed by atoms with Crippen molar-refractivity contribution in [3.05, 3.63) is 65.7 Å². The minimum Gasteiger partial charge on any atom is -0.545 e. The van der Waals surface area contributed by atoms with Crippen molar-refractivity contribution in [1.29, 1.82) is 0 Å². The summed E-state index contributed by atoms with van der Waals surface area (Å²) in [5.41, 5.74) is 2.87. The van der Waals surface area contributed by atoms with Crippen molar-refractivity contribution in [3.63, 3.8) is 0 Å². The molecule has 0 amide bonds. The number of carbonyl (C=O) groups excluding carboxylic acids is 1. The molecule has 22 heavy (non-hydrogen) atoms. The Morgan fingerprint density at radius 1 is 1.14 bits per heavy atom. The van der Waals surface area contributed by atoms with E-state index >= 15 is 0 Å². The number of fused-ring (bicyclic) bond motifs is 1. The summed E-state index contributed by atoms with van der Waals surface area (Å²) in [7, 11) is 0. The Morgan fingerprint density at radius 2 is 1.86 bits per heavy atom. The van der Waals surface area contributed by atoms with Gasteiger partial charge < -0.3 is 15.2 Å². The van der Waals surface area contributed by atoms with Gasteiger partial charge in [0.15, 0.2) is 0 Å². The first-order valence-corrected chi connectivity index (χ1v) is 7.14. The lowest BCUT2D eigenvalue weighted by molar-refractivity contribution is -0.254. The van der Waals surface area contributed by atoms with E-state index in [1.807, 2.05) is 30.3 Å². The van der Waals surface area contributed by atoms with Gasteiger partial charge in [0.2, 0.25) is 0 Å². The molecule has 0 aliphatic rings. The third-order valence-electron chi connectivity index (χ3n) is 3.57. The largest absolute Gasteiger partial charge is 0.545 e. The number of nitrogens with one attached hydrogen (secondary N) is 1. The van der Waals surface area contributed by atoms with Crippen LogP contribution in [0, 0.1) is 0 Å². The van der Waals surface area contributed by atoms with Gasteiger partial charge in [0.1, 0.15) is 5.82 Å². The third kappa shape index (κ3) is 2.76. The van der Waals surface area contributed by atoms with Crippen molar-refractivity contribution in [2.45, 2.75) is 13.3 Å². The molecule has 3 aromatic rings. The topological polar surface area (TPSA) is 65.0 Å². The molecule has 0 saturated heterocycles. The smallest absolute Gasteiger partial charge is 0.131 e. The van der Waals surface area contributed by atoms with Gasteiger partial charge in [0.25, 0.3) is 0 Å². The second kappa shape index (κ2) is 5.85. The van der Waals surface area contributed by atoms with Crippen LogP contribution in [0.5, 0.6) is 0 Å². The standard InChI is InChI=1S/C18H16N2O2/c1-2-12-7-9-13(10-8-12)19-17-11-15(18(21)22)14-5-3-4-6-16(14)20-17/h3-11H,2H2,1H3,(H,19,20)(H,21,22)/p-1. The van der Waals surface area contributed by atoms with E-state index in [4.69, 9.17) is 0 Å². The zero-order valence-electron chi connectivity index (χ0n) is 12.2. The number of hydrogen-bond acceptors (Lipinski definition) is 4. The summed E-state index contributed by atoms with van der Waals surface area (Å²) < 4.78 is 0. The van der Waals surface area contributed by atoms with Crippen LogP contribution >= 0.6 is 0 Å². The van der Waals surface area contributed by atoms with E-state index in [9.17, 15) is 9.90 Å². The second-order valence-corrected chi connectivity index (χ2v) is 5.04. The summed E-state index contributed by atoms with van der Waals surface area (Å²) in [6.07, 6.45) is 0.976. The number of nitrogens with zero attached hydrogens (tertiary/aromatic N) is 1. The van der Waals surface area contributed by atoms with Gasteiger partial charge in [-0.2, -0.15) is 0 Å². The molecule has 1 aromatic heterocycles. The van der Waals surface area contributed by atoms with Crippen molar-refractivity contribution >= 4 is 28.4 Å². The SMILES string of the molecule is CCc1ccc(Nc2cc(C(=O)[O-])c3ccccc3n2)cc1. The molecule has 2 aromatic carbocycles. The van der Waals surface area contributed by atoms with Crippen LogP contribution in [0.1, 0.15) is 22.8 Å². The number of aromatic nitrogens is 1. The molecule has 0 atom stereocenters. The molecule has 110 valence electrons. The number of aryl methyl sites for hydroxylation is 1. The van der Waals surface area contributed by atoms with Crippen molar-refractivity contribution in [2.75, 3.05) is 5.32 Å². The number of anilines is 2. The first-order valence-electron chi connectivity index (χ1n) is 7.14. The number of para-hydroxylation sites is 1. The Morgan fingerprint density at radius 3 is 2.55 bits per heavy atom. The highest BCUT2D eigenvalue weighted by atomic mass is 16.4. The van der Waals surface area contributed by atoms with Crippen LogP contribution in [0.15, 0.2) is 54.6 Å². The number of benzene rings is 2. The lowest BCUT2D eigenvalue weighted by Gasteiger charge is -2.12. The highest BCUT2D eigenvalue weighted by Gasteiger charge is 2.06. The van der Waals surface area contributed by atoms with E-state index < -0.39 is 5.97 Å². The first kappa shape index (κ1) is 14.1. The second-order valence-electron chi connectivity index (χ2n) is 5.04. The lowest BCUT2D eigenvalue weighted by Crippen LogP contribution is -2.22. The summed E-state index contributed by atoms with van der Waals surface area (Å²) in [5, 5.41) is 15.1. The Balaban J connectivity index is 2.01. The van der Waals surface area contributed by atoms with Gasteiger partial charge in [-0.3, -0.25) is 0 Å². The highest BCUT2D eigenvalue weighted by Crippen LogP contribution is 2.23. The van der Waals surface area contributed by atoms with Gasteiger partial charge in [-0.15, -0.1) is 0 Å². The summed E-state index contributed by atoms with van der Waals surface area (Å²) >= 11 is 0. The molecule has 3 rings (SSSR count). The molecule has 0 aliphatic heterocycles. The molecule has 4 heteroatoms. The van der Waals surface area contributed by atoms with Crippen molar-refractivity contribution in [2.24, 2.45) is 0 Å². The molecule has 0 radical (unpaired) electrons. The van der Waals surface area contributed by atoms with Crippen LogP contribution in [0.4, 0.5) is 11.5 Å². The Kier molecular flexibility index (Phi) is 3.74. The lowest BCUT2D eigenvalue weighted by atomic mass is 10.1. The molecule has 0 fully saturated rings. The van der Waals surface area contributed by atoms with E-state index in [1.54, 1.807) is 18.2 Å². The molecule has 0 bridgehead atoms. The number of carboxylic acids is 1. The Labute approximate surface area is 128 Å². The van der Waals surface area contributed by atoms with Gasteiger partial charge in [-0.1, -0.05) is 37.3 Å². The molecule has 0 aliphatic carbocycles. The Bertz CT molecular complexity index is 826. The van der Waals surface area contributed by atoms with Crippen LogP contribution < -0.4 is 10.4 Å². The summed E-state index contributed by atoms with van der Waals surface area (Å²) in [6.45, 7) is 2.10. The van der Waals surface area contributed by atoms with Crippen LogP contribution in [-0.2, 0) is 6.42 Å². The zero-order valence-corrected chi connectivity index (χ0v) is 12.2. The Hall–Kier alpha value is -2.88. The number of rotatable bonds is 4. The normalized spacial score (nSPS) is 10.6. The predicted octanol–water partition coefficient (Wildman–Crippen LogP) is 2.90. The highest BCUT2D eigenvalue weighted by molar-refractivity contribution is 6.02. The first-order chi connectivity index (χ1) is 10.7. The van der Waals surface area contributed by atoms with E-state index in [0.29, 0.717) is 16.7 Å². The maximum Gasteiger partial charge on any atom is 0.131 e. The maximum atomic E-state index is 11.3. The predicted molar refractivity (Wildman–Crippen MR) is 85.2 cm³/mol. The van der Waals surface area contributed by atoms with Crippen LogP contribution in [0.2, 0.25) is 0 Å². The van der Waals surface area contributed by atoms with E-state index in [1.165, 1.54) is 11.6 Å². The fraction of sp³-hybridized carbons (Fsp3) is 0.111. The molecule has 1 heterocycles. The number of aromatic carboxylic acids is 1. The molecule has 1 N–H and O–H groups in total. The molecule has 0 spiro atoms. The maximum absolute atomic E-state index is 11.3. The van der Waals surface area contributed by atoms with Crippen molar-refractivity contribution < 1.29 is 9.90 Å². The van der Waals surface area contributed by atoms with Gasteiger partial charge in [-0.25, -0.2) is 4.98 Å². The minimum atomic E-state index is -1.21. The average molecular weight is 291 g/mol. The van der Waals surface area contributed by atoms with Crippen LogP contribution in [0.3, 0.4) is 0 Å². The molecular weight excluding hydrogens is 276 g/mol. The number of pyridine rings is 1. The third-order valence-corrected chi connectivity index (χ3v) is 3.57. The number of carboxylic acid groups (broad SMARTS) is 1. The number of hydrogen-bond donors (Lipinski definition) is 1. The van der Waals surface area contributed by atoms with Gasteiger partial charge >= 0.3 is 0 Å². The van der Waals surface area contributed by atoms with Crippen LogP contribution in [0.25, 0.3) is 10.9 Å². The number of carbonyl (C=O) groups is 1. The monoisotopic (exact) mass is 291 g/mol. The van der Waals surface area contributed by atoms with Crippen LogP contribution in [-0.4, -0.2) is 11.0 Å². The molecule has 4 nitrogen and oxygen atoms in total. The molecule has 0 saturated carbocycles.